The molecule has 0 aliphatic carbocycles. The van der Waals surface area contributed by atoms with E-state index in [-0.39, 0.29) is 23.6 Å². The minimum atomic E-state index is -4.49. The zero-order valence-electron chi connectivity index (χ0n) is 18.0. The van der Waals surface area contributed by atoms with Gasteiger partial charge < -0.3 is 15.2 Å². The molecular formula is C24H25F3N4O2. The number of carbonyl (C=O) groups excluding carboxylic acids is 1. The van der Waals surface area contributed by atoms with Crippen molar-refractivity contribution < 1.29 is 18.0 Å². The number of aryl methyl sites for hydroxylation is 1. The lowest BCUT2D eigenvalue weighted by Crippen LogP contribution is -2.30. The number of nitrogens with one attached hydrogen (secondary N) is 2. The lowest BCUT2D eigenvalue weighted by Gasteiger charge is -2.31. The Hall–Kier alpha value is -3.36. The van der Waals surface area contributed by atoms with Crippen LogP contribution < -0.4 is 15.8 Å². The Morgan fingerprint density at radius 1 is 1.09 bits per heavy atom. The number of anilines is 2. The third kappa shape index (κ3) is 5.53. The van der Waals surface area contributed by atoms with Crippen LogP contribution in [0, 0.1) is 0 Å². The fourth-order valence-electron chi connectivity index (χ4n) is 4.11. The van der Waals surface area contributed by atoms with E-state index in [1.807, 2.05) is 4.90 Å². The summed E-state index contributed by atoms with van der Waals surface area (Å²) >= 11 is 0. The van der Waals surface area contributed by atoms with Crippen molar-refractivity contribution in [2.75, 3.05) is 23.3 Å². The first-order valence-corrected chi connectivity index (χ1v) is 11.1. The van der Waals surface area contributed by atoms with E-state index >= 15 is 0 Å². The molecule has 2 N–H and O–H groups in total. The van der Waals surface area contributed by atoms with Crippen LogP contribution in [0.5, 0.6) is 0 Å². The Labute approximate surface area is 188 Å². The van der Waals surface area contributed by atoms with E-state index in [9.17, 15) is 22.8 Å². The number of alkyl halides is 3. The summed E-state index contributed by atoms with van der Waals surface area (Å²) in [6, 6.07) is 10.5. The van der Waals surface area contributed by atoms with Crippen molar-refractivity contribution in [3.63, 3.8) is 0 Å². The smallest absolute Gasteiger partial charge is 0.370 e. The Bertz CT molecular complexity index is 1200. The number of halogens is 3. The minimum absolute atomic E-state index is 0.0895. The molecule has 0 bridgehead atoms. The van der Waals surface area contributed by atoms with Crippen LogP contribution in [0.1, 0.15) is 43.5 Å². The number of para-hydroxylation sites is 1. The van der Waals surface area contributed by atoms with Gasteiger partial charge in [-0.3, -0.25) is 9.59 Å². The van der Waals surface area contributed by atoms with Crippen molar-refractivity contribution in [2.45, 2.75) is 44.7 Å². The van der Waals surface area contributed by atoms with E-state index in [1.54, 1.807) is 24.3 Å². The predicted molar refractivity (Wildman–Crippen MR) is 121 cm³/mol. The van der Waals surface area contributed by atoms with Gasteiger partial charge in [0.2, 0.25) is 5.91 Å². The van der Waals surface area contributed by atoms with E-state index < -0.39 is 11.7 Å². The summed E-state index contributed by atoms with van der Waals surface area (Å²) in [5.41, 5.74) is 0.327. The summed E-state index contributed by atoms with van der Waals surface area (Å²) in [4.78, 5) is 33.9. The van der Waals surface area contributed by atoms with Gasteiger partial charge in [-0.15, -0.1) is 0 Å². The van der Waals surface area contributed by atoms with Crippen LogP contribution in [-0.2, 0) is 17.4 Å². The molecule has 0 atom stereocenters. The summed E-state index contributed by atoms with van der Waals surface area (Å²) in [5.74, 6) is 0.0929. The first-order valence-electron chi connectivity index (χ1n) is 11.1. The number of aromatic nitrogens is 2. The number of aromatic amines is 1. The number of H-pyrrole nitrogens is 1. The maximum absolute atomic E-state index is 13.3. The van der Waals surface area contributed by atoms with Crippen molar-refractivity contribution in [1.29, 1.82) is 0 Å². The topological polar surface area (TPSA) is 78.1 Å². The second-order valence-electron chi connectivity index (χ2n) is 8.21. The van der Waals surface area contributed by atoms with Gasteiger partial charge in [-0.25, -0.2) is 4.98 Å². The number of piperidine rings is 1. The Balaban J connectivity index is 1.44. The molecule has 1 amide bonds. The molecule has 4 rings (SSSR count). The molecule has 1 fully saturated rings. The number of nitrogens with zero attached hydrogens (tertiary/aromatic N) is 2. The average molecular weight is 458 g/mol. The van der Waals surface area contributed by atoms with Crippen LogP contribution in [-0.4, -0.2) is 29.0 Å². The van der Waals surface area contributed by atoms with Gasteiger partial charge >= 0.3 is 6.18 Å². The third-order valence-corrected chi connectivity index (χ3v) is 5.77. The highest BCUT2D eigenvalue weighted by molar-refractivity contribution is 5.94. The molecule has 6 nitrogen and oxygen atoms in total. The molecule has 33 heavy (non-hydrogen) atoms. The predicted octanol–water partition coefficient (Wildman–Crippen LogP) is 4.89. The van der Waals surface area contributed by atoms with Crippen molar-refractivity contribution in [3.8, 4) is 0 Å². The number of amides is 1. The van der Waals surface area contributed by atoms with Crippen LogP contribution in [0.15, 0.2) is 47.3 Å². The van der Waals surface area contributed by atoms with Gasteiger partial charge in [-0.1, -0.05) is 12.1 Å². The van der Waals surface area contributed by atoms with Gasteiger partial charge in [0.1, 0.15) is 5.82 Å². The monoisotopic (exact) mass is 458 g/mol. The number of fused-ring (bicyclic) bond motifs is 1. The maximum atomic E-state index is 13.3. The first-order chi connectivity index (χ1) is 15.8. The van der Waals surface area contributed by atoms with Crippen molar-refractivity contribution >= 4 is 28.2 Å². The Morgan fingerprint density at radius 2 is 1.85 bits per heavy atom. The van der Waals surface area contributed by atoms with E-state index in [1.165, 1.54) is 6.07 Å². The molecule has 2 heterocycles. The van der Waals surface area contributed by atoms with Gasteiger partial charge in [0.15, 0.2) is 0 Å². The molecule has 0 spiro atoms. The van der Waals surface area contributed by atoms with E-state index in [4.69, 9.17) is 0 Å². The van der Waals surface area contributed by atoms with Gasteiger partial charge in [0.05, 0.1) is 27.8 Å². The molecule has 174 valence electrons. The number of hydrogen-bond acceptors (Lipinski definition) is 4. The van der Waals surface area contributed by atoms with Crippen molar-refractivity contribution in [2.24, 2.45) is 0 Å². The van der Waals surface area contributed by atoms with Crippen molar-refractivity contribution in [1.82, 2.24) is 9.97 Å². The molecule has 1 aliphatic rings. The zero-order chi connectivity index (χ0) is 23.4. The lowest BCUT2D eigenvalue weighted by molar-refractivity contribution is -0.137. The fourth-order valence-corrected chi connectivity index (χ4v) is 4.11. The third-order valence-electron chi connectivity index (χ3n) is 5.77. The van der Waals surface area contributed by atoms with Crippen LogP contribution in [0.3, 0.4) is 0 Å². The molecular weight excluding hydrogens is 433 g/mol. The average Bonchev–Trinajstić information content (AvgIpc) is 2.79. The van der Waals surface area contributed by atoms with Crippen molar-refractivity contribution in [3.05, 3.63) is 64.2 Å². The molecule has 0 saturated carbocycles. The second-order valence-corrected chi connectivity index (χ2v) is 8.21. The highest BCUT2D eigenvalue weighted by Crippen LogP contribution is 2.36. The lowest BCUT2D eigenvalue weighted by atomic mass is 10.1. The second kappa shape index (κ2) is 9.64. The van der Waals surface area contributed by atoms with Crippen LogP contribution >= 0.6 is 0 Å². The normalized spacial score (nSPS) is 14.5. The summed E-state index contributed by atoms with van der Waals surface area (Å²) in [5, 5.41) is 3.17. The standard InChI is InChI=1S/C24H25F3N4O2/c25-24(26,27)16-11-12-20(31-13-4-1-5-14-31)19(15-16)29-22(32)10-6-9-21-28-18-8-3-2-7-17(18)23(33)30-21/h2-3,7-8,11-12,15H,1,4-6,9-10,13-14H2,(H,29,32)(H,28,30,33). The first kappa shape index (κ1) is 22.8. The summed E-state index contributed by atoms with van der Waals surface area (Å²) in [7, 11) is 0. The molecule has 2 aromatic carbocycles. The Kier molecular flexibility index (Phi) is 6.67. The number of carbonyl (C=O) groups is 1. The van der Waals surface area contributed by atoms with Crippen LogP contribution in [0.2, 0.25) is 0 Å². The van der Waals surface area contributed by atoms with E-state index in [0.717, 1.165) is 44.5 Å². The molecule has 9 heteroatoms. The zero-order valence-corrected chi connectivity index (χ0v) is 18.0. The molecule has 1 aliphatic heterocycles. The number of benzene rings is 2. The van der Waals surface area contributed by atoms with E-state index in [2.05, 4.69) is 15.3 Å². The molecule has 1 aromatic heterocycles. The van der Waals surface area contributed by atoms with Gasteiger partial charge in [0.25, 0.3) is 5.56 Å². The molecule has 1 saturated heterocycles. The van der Waals surface area contributed by atoms with Gasteiger partial charge in [-0.2, -0.15) is 13.2 Å². The number of hydrogen-bond donors (Lipinski definition) is 2. The molecule has 0 radical (unpaired) electrons. The molecule has 0 unspecified atom stereocenters. The Morgan fingerprint density at radius 3 is 2.61 bits per heavy atom. The largest absolute Gasteiger partial charge is 0.416 e. The SMILES string of the molecule is O=C(CCCc1nc2ccccc2c(=O)[nH]1)Nc1cc(C(F)(F)F)ccc1N1CCCCC1. The highest BCUT2D eigenvalue weighted by atomic mass is 19.4. The number of rotatable bonds is 6. The quantitative estimate of drug-likeness (QED) is 0.551. The van der Waals surface area contributed by atoms with Crippen LogP contribution in [0.25, 0.3) is 10.9 Å². The van der Waals surface area contributed by atoms with E-state index in [0.29, 0.717) is 35.3 Å². The summed E-state index contributed by atoms with van der Waals surface area (Å²) < 4.78 is 39.8. The van der Waals surface area contributed by atoms with Gasteiger partial charge in [0, 0.05) is 25.9 Å². The fraction of sp³-hybridized carbons (Fsp3) is 0.375. The minimum Gasteiger partial charge on any atom is -0.370 e. The van der Waals surface area contributed by atoms with Gasteiger partial charge in [-0.05, 0) is 56.0 Å². The maximum Gasteiger partial charge on any atom is 0.416 e. The molecule has 3 aromatic rings. The van der Waals surface area contributed by atoms with Crippen LogP contribution in [0.4, 0.5) is 24.5 Å². The summed E-state index contributed by atoms with van der Waals surface area (Å²) in [6.07, 6.45) is -0.625. The highest BCUT2D eigenvalue weighted by Gasteiger charge is 2.31. The summed E-state index contributed by atoms with van der Waals surface area (Å²) in [6.45, 7) is 1.49.